The number of rotatable bonds is 8. The van der Waals surface area contributed by atoms with Crippen LogP contribution in [-0.4, -0.2) is 60.2 Å². The molecule has 0 saturated carbocycles. The maximum atomic E-state index is 12.0. The van der Waals surface area contributed by atoms with Crippen LogP contribution in [0, 0.1) is 0 Å². The average Bonchev–Trinajstić information content (AvgIpc) is 2.53. The fraction of sp³-hybridized carbons (Fsp3) is 0.385. The second-order valence-electron chi connectivity index (χ2n) is 5.64. The number of amides is 1. The molecule has 13 heteroatoms. The summed E-state index contributed by atoms with van der Waals surface area (Å²) >= 11 is 0. The van der Waals surface area contributed by atoms with Crippen LogP contribution in [-0.2, 0) is 20.6 Å². The van der Waals surface area contributed by atoms with E-state index in [-0.39, 0.29) is 12.0 Å². The van der Waals surface area contributed by atoms with Gasteiger partial charge < -0.3 is 25.6 Å². The number of carboxylic acid groups (broad SMARTS) is 1. The van der Waals surface area contributed by atoms with Crippen molar-refractivity contribution in [3.05, 3.63) is 23.8 Å². The average molecular weight is 393 g/mol. The monoisotopic (exact) mass is 393 g/mol. The third-order valence-electron chi connectivity index (χ3n) is 3.53. The third kappa shape index (κ3) is 5.14. The third-order valence-corrected chi connectivity index (χ3v) is 3.97. The number of aliphatic hydroxyl groups excluding tert-OH is 1. The number of phenols is 1. The van der Waals surface area contributed by atoms with Gasteiger partial charge in [0.05, 0.1) is 6.61 Å². The molecule has 0 aliphatic rings. The zero-order chi connectivity index (χ0) is 20.3. The van der Waals surface area contributed by atoms with E-state index in [0.717, 1.165) is 19.1 Å². The highest BCUT2D eigenvalue weighted by Gasteiger charge is 2.42. The Morgan fingerprint density at radius 1 is 1.38 bits per heavy atom. The number of carboxylic acids is 1. The van der Waals surface area contributed by atoms with Crippen LogP contribution in [0.25, 0.3) is 0 Å². The fourth-order valence-electron chi connectivity index (χ4n) is 2.04. The van der Waals surface area contributed by atoms with E-state index < -0.39 is 49.4 Å². The molecule has 0 aliphatic carbocycles. The number of nitrogens with two attached hydrogens (primary N) is 2. The van der Waals surface area contributed by atoms with E-state index in [1.165, 1.54) is 6.07 Å². The Labute approximate surface area is 147 Å². The number of phenolic OH excluding ortho intramolecular Hbond substituents is 1. The topological polar surface area (TPSA) is 217 Å². The molecule has 1 aromatic carbocycles. The molecule has 26 heavy (non-hydrogen) atoms. The van der Waals surface area contributed by atoms with Crippen molar-refractivity contribution in [2.24, 2.45) is 11.6 Å². The largest absolute Gasteiger partial charge is 0.524 e. The number of hydrogen-bond donors (Lipinski definition) is 7. The molecule has 1 amide bonds. The summed E-state index contributed by atoms with van der Waals surface area (Å²) in [4.78, 5) is 41.1. The van der Waals surface area contributed by atoms with Crippen molar-refractivity contribution in [2.45, 2.75) is 24.9 Å². The highest BCUT2D eigenvalue weighted by molar-refractivity contribution is 7.46. The molecule has 12 nitrogen and oxygen atoms in total. The summed E-state index contributed by atoms with van der Waals surface area (Å²) in [7, 11) is -4.89. The maximum Gasteiger partial charge on any atom is 0.524 e. The molecule has 0 fully saturated rings. The lowest BCUT2D eigenvalue weighted by molar-refractivity contribution is -0.159. The number of aliphatic hydroxyl groups is 1. The Hall–Kier alpha value is -2.21. The van der Waals surface area contributed by atoms with Crippen molar-refractivity contribution in [3.63, 3.8) is 0 Å². The van der Waals surface area contributed by atoms with Crippen molar-refractivity contribution in [1.82, 2.24) is 5.01 Å². The van der Waals surface area contributed by atoms with Gasteiger partial charge in [-0.1, -0.05) is 6.07 Å². The van der Waals surface area contributed by atoms with Crippen LogP contribution in [0.3, 0.4) is 0 Å². The normalized spacial score (nSPS) is 15.0. The Morgan fingerprint density at radius 2 is 1.96 bits per heavy atom. The molecule has 9 N–H and O–H groups in total. The van der Waals surface area contributed by atoms with E-state index in [0.29, 0.717) is 5.01 Å². The lowest BCUT2D eigenvalue weighted by Crippen LogP contribution is -2.63. The second-order valence-corrected chi connectivity index (χ2v) is 6.80. The Kier molecular flexibility index (Phi) is 6.71. The SMILES string of the molecule is CC(Cc1ccc(OP(=O)(O)O)c(O)c1)(C(=O)O)N(N)C(=O)[C@@H](N)CO. The molecule has 0 aromatic heterocycles. The van der Waals surface area contributed by atoms with Crippen molar-refractivity contribution in [2.75, 3.05) is 6.61 Å². The summed E-state index contributed by atoms with van der Waals surface area (Å²) in [6, 6.07) is 1.85. The van der Waals surface area contributed by atoms with Gasteiger partial charge >= 0.3 is 13.8 Å². The first-order valence-corrected chi connectivity index (χ1v) is 8.60. The zero-order valence-corrected chi connectivity index (χ0v) is 14.5. The molecule has 0 radical (unpaired) electrons. The van der Waals surface area contributed by atoms with Crippen LogP contribution in [0.1, 0.15) is 12.5 Å². The highest BCUT2D eigenvalue weighted by atomic mass is 31.2. The predicted octanol–water partition coefficient (Wildman–Crippen LogP) is -1.73. The number of nitrogens with zero attached hydrogens (tertiary/aromatic N) is 1. The standard InChI is InChI=1S/C13H20N3O9P/c1-13(12(20)21,16(15)11(19)8(14)6-17)5-7-2-3-10(9(18)4-7)25-26(22,23)24/h2-4,8,17-18H,5-6,14-15H2,1H3,(H,20,21)(H2,22,23,24)/t8-,13?/m0/s1. The van der Waals surface area contributed by atoms with Gasteiger partial charge in [0, 0.05) is 6.42 Å². The van der Waals surface area contributed by atoms with Gasteiger partial charge in [0.15, 0.2) is 17.0 Å². The molecule has 0 heterocycles. The molecular weight excluding hydrogens is 373 g/mol. The molecule has 0 spiro atoms. The summed E-state index contributed by atoms with van der Waals surface area (Å²) in [6.07, 6.45) is -0.382. The predicted molar refractivity (Wildman–Crippen MR) is 86.6 cm³/mol. The summed E-state index contributed by atoms with van der Waals surface area (Å²) in [6.45, 7) is 0.395. The van der Waals surface area contributed by atoms with Crippen molar-refractivity contribution >= 4 is 19.7 Å². The van der Waals surface area contributed by atoms with E-state index in [1.54, 1.807) is 0 Å². The number of aliphatic carboxylic acids is 1. The first kappa shape index (κ1) is 21.8. The van der Waals surface area contributed by atoms with E-state index >= 15 is 0 Å². The van der Waals surface area contributed by atoms with Crippen molar-refractivity contribution in [1.29, 1.82) is 0 Å². The molecule has 2 atom stereocenters. The number of aromatic hydroxyl groups is 1. The molecule has 1 unspecified atom stereocenters. The number of benzene rings is 1. The molecule has 0 saturated heterocycles. The van der Waals surface area contributed by atoms with Gasteiger partial charge in [-0.2, -0.15) is 0 Å². The minimum Gasteiger partial charge on any atom is -0.504 e. The quantitative estimate of drug-likeness (QED) is 0.114. The van der Waals surface area contributed by atoms with Crippen LogP contribution >= 0.6 is 7.82 Å². The van der Waals surface area contributed by atoms with Gasteiger partial charge in [0.25, 0.3) is 5.91 Å². The first-order valence-electron chi connectivity index (χ1n) is 7.07. The fourth-order valence-corrected chi connectivity index (χ4v) is 2.45. The van der Waals surface area contributed by atoms with Gasteiger partial charge in [-0.15, -0.1) is 0 Å². The van der Waals surface area contributed by atoms with Crippen LogP contribution in [0.4, 0.5) is 0 Å². The Bertz CT molecular complexity index is 738. The van der Waals surface area contributed by atoms with Gasteiger partial charge in [-0.25, -0.2) is 15.2 Å². The zero-order valence-electron chi connectivity index (χ0n) is 13.6. The van der Waals surface area contributed by atoms with Crippen LogP contribution < -0.4 is 16.1 Å². The first-order chi connectivity index (χ1) is 11.8. The molecule has 146 valence electrons. The van der Waals surface area contributed by atoms with Crippen molar-refractivity contribution < 1.29 is 43.8 Å². The van der Waals surface area contributed by atoms with Crippen LogP contribution in [0.15, 0.2) is 18.2 Å². The minimum atomic E-state index is -4.89. The van der Waals surface area contributed by atoms with Gasteiger partial charge in [-0.3, -0.25) is 19.6 Å². The number of phosphoric ester groups is 1. The number of carbonyl (C=O) groups is 2. The smallest absolute Gasteiger partial charge is 0.504 e. The molecular formula is C13H20N3O9P. The summed E-state index contributed by atoms with van der Waals surface area (Å²) < 4.78 is 15.1. The van der Waals surface area contributed by atoms with Gasteiger partial charge in [-0.05, 0) is 24.6 Å². The van der Waals surface area contributed by atoms with E-state index in [4.69, 9.17) is 26.5 Å². The molecule has 0 bridgehead atoms. The molecule has 1 aromatic rings. The van der Waals surface area contributed by atoms with Crippen LogP contribution in [0.2, 0.25) is 0 Å². The molecule has 1 rings (SSSR count). The van der Waals surface area contributed by atoms with Crippen molar-refractivity contribution in [3.8, 4) is 11.5 Å². The van der Waals surface area contributed by atoms with E-state index in [1.807, 2.05) is 0 Å². The van der Waals surface area contributed by atoms with E-state index in [2.05, 4.69) is 4.52 Å². The Balaban J connectivity index is 3.15. The number of hydrazine groups is 1. The number of carbonyl (C=O) groups excluding carboxylic acids is 1. The van der Waals surface area contributed by atoms with Crippen LogP contribution in [0.5, 0.6) is 11.5 Å². The lowest BCUT2D eigenvalue weighted by atomic mass is 9.91. The molecule has 0 aliphatic heterocycles. The van der Waals surface area contributed by atoms with E-state index in [9.17, 15) is 24.4 Å². The Morgan fingerprint density at radius 3 is 2.38 bits per heavy atom. The minimum absolute atomic E-state index is 0.172. The number of hydrogen-bond acceptors (Lipinski definition) is 8. The summed E-state index contributed by atoms with van der Waals surface area (Å²) in [5.41, 5.74) is 3.55. The van der Waals surface area contributed by atoms with Gasteiger partial charge in [0.2, 0.25) is 0 Å². The number of phosphoric acid groups is 1. The summed E-state index contributed by atoms with van der Waals surface area (Å²) in [5, 5.41) is 28.6. The maximum absolute atomic E-state index is 12.0. The lowest BCUT2D eigenvalue weighted by Gasteiger charge is -2.35. The second kappa shape index (κ2) is 7.99. The van der Waals surface area contributed by atoms with Gasteiger partial charge in [0.1, 0.15) is 6.04 Å². The highest BCUT2D eigenvalue weighted by Crippen LogP contribution is 2.42. The summed E-state index contributed by atoms with van der Waals surface area (Å²) in [5.74, 6) is 1.94.